The van der Waals surface area contributed by atoms with E-state index in [1.807, 2.05) is 24.3 Å². The van der Waals surface area contributed by atoms with E-state index in [1.165, 1.54) is 0 Å². The summed E-state index contributed by atoms with van der Waals surface area (Å²) in [6, 6.07) is 7.48. The van der Waals surface area contributed by atoms with Crippen LogP contribution in [0.5, 0.6) is 0 Å². The fraction of sp³-hybridized carbons (Fsp3) is 0.278. The summed E-state index contributed by atoms with van der Waals surface area (Å²) in [5.74, 6) is 0. The van der Waals surface area contributed by atoms with Gasteiger partial charge in [0.25, 0.3) is 0 Å². The van der Waals surface area contributed by atoms with Gasteiger partial charge in [0, 0.05) is 3.57 Å². The Kier molecular flexibility index (Phi) is 5.99. The fourth-order valence-electron chi connectivity index (χ4n) is 2.43. The fourth-order valence-corrected chi connectivity index (χ4v) is 2.98. The van der Waals surface area contributed by atoms with E-state index in [2.05, 4.69) is 35.7 Å². The van der Waals surface area contributed by atoms with Crippen LogP contribution in [0.2, 0.25) is 0 Å². The van der Waals surface area contributed by atoms with Crippen molar-refractivity contribution in [1.29, 1.82) is 0 Å². The van der Waals surface area contributed by atoms with E-state index < -0.39 is 17.1 Å². The number of hydrogen-bond donors (Lipinski definition) is 0. The number of rotatable bonds is 6. The van der Waals surface area contributed by atoms with Gasteiger partial charge in [-0.15, -0.1) is 0 Å². The average Bonchev–Trinajstić information content (AvgIpc) is 2.53. The third-order valence-corrected chi connectivity index (χ3v) is 4.58. The van der Waals surface area contributed by atoms with Gasteiger partial charge in [-0.2, -0.15) is 0 Å². The summed E-state index contributed by atoms with van der Waals surface area (Å²) in [5, 5.41) is 0. The molecular weight excluding hydrogens is 433 g/mol. The van der Waals surface area contributed by atoms with Gasteiger partial charge in [0.15, 0.2) is 0 Å². The van der Waals surface area contributed by atoms with Crippen LogP contribution in [0.3, 0.4) is 0 Å². The Morgan fingerprint density at radius 1 is 0.880 bits per heavy atom. The Balaban J connectivity index is 2.74. The Hall–Kier alpha value is -2.16. The summed E-state index contributed by atoms with van der Waals surface area (Å²) in [6.07, 6.45) is 0. The summed E-state index contributed by atoms with van der Waals surface area (Å²) in [4.78, 5) is 38.1. The highest BCUT2D eigenvalue weighted by atomic mass is 127. The zero-order valence-electron chi connectivity index (χ0n) is 14.3. The highest BCUT2D eigenvalue weighted by Crippen LogP contribution is 2.11. The van der Waals surface area contributed by atoms with Gasteiger partial charge in [0.1, 0.15) is 0 Å². The second kappa shape index (κ2) is 7.81. The van der Waals surface area contributed by atoms with Crippen LogP contribution in [0.25, 0.3) is 0 Å². The van der Waals surface area contributed by atoms with E-state index in [1.54, 1.807) is 13.8 Å². The minimum absolute atomic E-state index is 0.0695. The monoisotopic (exact) mass is 453 g/mol. The lowest BCUT2D eigenvalue weighted by Gasteiger charge is -2.14. The summed E-state index contributed by atoms with van der Waals surface area (Å²) in [6.45, 7) is 11.2. The minimum Gasteiger partial charge on any atom is -0.247 e. The summed E-state index contributed by atoms with van der Waals surface area (Å²) >= 11 is 2.15. The number of aromatic nitrogens is 3. The SMILES string of the molecule is C=C(C)Cn1c(=O)n(CC(=C)C)c(=O)n(Cc2ccccc2I)c1=O. The maximum absolute atomic E-state index is 12.7. The molecule has 0 radical (unpaired) electrons. The first-order valence-electron chi connectivity index (χ1n) is 7.69. The predicted molar refractivity (Wildman–Crippen MR) is 107 cm³/mol. The van der Waals surface area contributed by atoms with Gasteiger partial charge in [-0.05, 0) is 48.1 Å². The van der Waals surface area contributed by atoms with E-state index in [4.69, 9.17) is 0 Å². The number of nitrogens with zero attached hydrogens (tertiary/aromatic N) is 3. The molecule has 7 heteroatoms. The van der Waals surface area contributed by atoms with E-state index in [-0.39, 0.29) is 19.6 Å². The molecule has 0 saturated heterocycles. The third-order valence-electron chi connectivity index (χ3n) is 3.53. The number of benzene rings is 1. The van der Waals surface area contributed by atoms with E-state index in [0.29, 0.717) is 11.1 Å². The molecule has 6 nitrogen and oxygen atoms in total. The first-order chi connectivity index (χ1) is 11.7. The molecule has 0 aliphatic rings. The van der Waals surface area contributed by atoms with Crippen LogP contribution in [0, 0.1) is 3.57 Å². The lowest BCUT2D eigenvalue weighted by Crippen LogP contribution is -2.54. The van der Waals surface area contributed by atoms with Gasteiger partial charge in [-0.3, -0.25) is 0 Å². The van der Waals surface area contributed by atoms with Crippen LogP contribution in [0.1, 0.15) is 19.4 Å². The van der Waals surface area contributed by atoms with Gasteiger partial charge in [0.05, 0.1) is 19.6 Å². The van der Waals surface area contributed by atoms with Crippen molar-refractivity contribution in [3.05, 3.63) is 89.2 Å². The van der Waals surface area contributed by atoms with Crippen molar-refractivity contribution in [3.63, 3.8) is 0 Å². The van der Waals surface area contributed by atoms with E-state index in [9.17, 15) is 14.4 Å². The van der Waals surface area contributed by atoms with Crippen molar-refractivity contribution in [2.75, 3.05) is 0 Å². The van der Waals surface area contributed by atoms with Gasteiger partial charge < -0.3 is 0 Å². The normalized spacial score (nSPS) is 10.7. The second-order valence-electron chi connectivity index (χ2n) is 6.11. The summed E-state index contributed by atoms with van der Waals surface area (Å²) in [5.41, 5.74) is 0.247. The molecule has 2 aromatic rings. The molecule has 0 spiro atoms. The van der Waals surface area contributed by atoms with Crippen LogP contribution in [-0.2, 0) is 19.6 Å². The molecule has 132 valence electrons. The topological polar surface area (TPSA) is 66.0 Å². The Bertz CT molecular complexity index is 957. The number of hydrogen-bond acceptors (Lipinski definition) is 3. The highest BCUT2D eigenvalue weighted by Gasteiger charge is 2.16. The van der Waals surface area contributed by atoms with Crippen molar-refractivity contribution in [1.82, 2.24) is 13.7 Å². The Morgan fingerprint density at radius 3 is 1.76 bits per heavy atom. The van der Waals surface area contributed by atoms with Gasteiger partial charge in [-0.1, -0.05) is 42.5 Å². The van der Waals surface area contributed by atoms with Crippen molar-refractivity contribution in [2.24, 2.45) is 0 Å². The highest BCUT2D eigenvalue weighted by molar-refractivity contribution is 14.1. The van der Waals surface area contributed by atoms with Crippen molar-refractivity contribution >= 4 is 22.6 Å². The molecule has 0 aliphatic carbocycles. The second-order valence-corrected chi connectivity index (χ2v) is 7.27. The molecule has 0 atom stereocenters. The Labute approximate surface area is 158 Å². The van der Waals surface area contributed by atoms with Gasteiger partial charge in [-0.25, -0.2) is 28.1 Å². The molecule has 1 aromatic heterocycles. The molecule has 1 heterocycles. The molecule has 0 fully saturated rings. The molecular formula is C18H20IN3O3. The third kappa shape index (κ3) is 4.28. The summed E-state index contributed by atoms with van der Waals surface area (Å²) in [7, 11) is 0. The first-order valence-corrected chi connectivity index (χ1v) is 8.77. The lowest BCUT2D eigenvalue weighted by molar-refractivity contribution is 0.488. The zero-order valence-corrected chi connectivity index (χ0v) is 16.4. The van der Waals surface area contributed by atoms with Gasteiger partial charge in [0.2, 0.25) is 0 Å². The largest absolute Gasteiger partial charge is 0.336 e. The molecule has 0 unspecified atom stereocenters. The van der Waals surface area contributed by atoms with Crippen molar-refractivity contribution in [3.8, 4) is 0 Å². The molecule has 2 rings (SSSR count). The minimum atomic E-state index is -0.639. The van der Waals surface area contributed by atoms with Crippen LogP contribution in [0.4, 0.5) is 0 Å². The van der Waals surface area contributed by atoms with Crippen LogP contribution in [-0.4, -0.2) is 13.7 Å². The molecule has 25 heavy (non-hydrogen) atoms. The maximum Gasteiger partial charge on any atom is 0.336 e. The van der Waals surface area contributed by atoms with E-state index in [0.717, 1.165) is 22.8 Å². The zero-order chi connectivity index (χ0) is 18.7. The smallest absolute Gasteiger partial charge is 0.247 e. The standard InChI is InChI=1S/C18H20IN3O3/c1-12(2)9-20-16(23)21(10-13(3)4)18(25)22(17(20)24)11-14-7-5-6-8-15(14)19/h5-8H,1,3,9-11H2,2,4H3. The molecule has 0 amide bonds. The molecule has 0 aliphatic heterocycles. The first kappa shape index (κ1) is 19.2. The number of allylic oxidation sites excluding steroid dienone is 2. The van der Waals surface area contributed by atoms with Crippen LogP contribution in [0.15, 0.2) is 63.0 Å². The lowest BCUT2D eigenvalue weighted by atomic mass is 10.2. The molecule has 0 saturated carbocycles. The quantitative estimate of drug-likeness (QED) is 0.497. The van der Waals surface area contributed by atoms with Crippen molar-refractivity contribution in [2.45, 2.75) is 33.5 Å². The van der Waals surface area contributed by atoms with Crippen LogP contribution < -0.4 is 17.1 Å². The maximum atomic E-state index is 12.7. The molecule has 0 N–H and O–H groups in total. The summed E-state index contributed by atoms with van der Waals surface area (Å²) < 4.78 is 4.12. The molecule has 1 aromatic carbocycles. The van der Waals surface area contributed by atoms with Crippen LogP contribution >= 0.6 is 22.6 Å². The number of halogens is 1. The average molecular weight is 453 g/mol. The Morgan fingerprint density at radius 2 is 1.32 bits per heavy atom. The van der Waals surface area contributed by atoms with Crippen molar-refractivity contribution < 1.29 is 0 Å². The van der Waals surface area contributed by atoms with Gasteiger partial charge >= 0.3 is 17.1 Å². The molecule has 0 bridgehead atoms. The predicted octanol–water partition coefficient (Wildman–Crippen LogP) is 1.98. The van der Waals surface area contributed by atoms with E-state index >= 15 is 0 Å².